The van der Waals surface area contributed by atoms with Crippen LogP contribution in [0.25, 0.3) is 0 Å². The van der Waals surface area contributed by atoms with Crippen molar-refractivity contribution in [3.63, 3.8) is 0 Å². The van der Waals surface area contributed by atoms with Crippen molar-refractivity contribution in [1.82, 2.24) is 5.32 Å². The van der Waals surface area contributed by atoms with Gasteiger partial charge in [0.1, 0.15) is 0 Å². The molecule has 0 amide bonds. The number of carboxylic acids is 1. The summed E-state index contributed by atoms with van der Waals surface area (Å²) in [7, 11) is 0. The molecular formula is C15H29N3O3. The second kappa shape index (κ2) is 8.24. The zero-order chi connectivity index (χ0) is 15.9. The summed E-state index contributed by atoms with van der Waals surface area (Å²) >= 11 is 0. The highest BCUT2D eigenvalue weighted by Gasteiger charge is 2.28. The van der Waals surface area contributed by atoms with Crippen LogP contribution in [0.1, 0.15) is 51.9 Å². The summed E-state index contributed by atoms with van der Waals surface area (Å²) in [5.41, 5.74) is 11.3. The molecule has 1 fully saturated rings. The molecule has 0 saturated heterocycles. The molecule has 1 saturated carbocycles. The van der Waals surface area contributed by atoms with Crippen LogP contribution in [0.15, 0.2) is 11.9 Å². The molecule has 0 aromatic rings. The van der Waals surface area contributed by atoms with Crippen molar-refractivity contribution in [3.05, 3.63) is 11.9 Å². The number of aliphatic hydroxyl groups is 1. The first-order valence-corrected chi connectivity index (χ1v) is 7.70. The van der Waals surface area contributed by atoms with E-state index in [9.17, 15) is 9.90 Å². The van der Waals surface area contributed by atoms with Crippen LogP contribution in [0.4, 0.5) is 0 Å². The predicted molar refractivity (Wildman–Crippen MR) is 82.3 cm³/mol. The van der Waals surface area contributed by atoms with Crippen LogP contribution < -0.4 is 16.8 Å². The number of carbonyl (C=O) groups is 1. The van der Waals surface area contributed by atoms with Gasteiger partial charge in [0.2, 0.25) is 0 Å². The largest absolute Gasteiger partial charge is 0.481 e. The van der Waals surface area contributed by atoms with Crippen molar-refractivity contribution in [3.8, 4) is 0 Å². The molecule has 1 unspecified atom stereocenters. The molecule has 0 heterocycles. The maximum atomic E-state index is 11.1. The zero-order valence-electron chi connectivity index (χ0n) is 12.8. The number of rotatable bonds is 8. The number of allylic oxidation sites excluding steroid dienone is 1. The van der Waals surface area contributed by atoms with Gasteiger partial charge in [-0.05, 0) is 52.0 Å². The number of nitrogens with two attached hydrogens (primary N) is 2. The Morgan fingerprint density at radius 2 is 2.10 bits per heavy atom. The van der Waals surface area contributed by atoms with Gasteiger partial charge in [-0.25, -0.2) is 0 Å². The third kappa shape index (κ3) is 6.82. The minimum atomic E-state index is -0.825. The van der Waals surface area contributed by atoms with Gasteiger partial charge in [-0.2, -0.15) is 0 Å². The van der Waals surface area contributed by atoms with Gasteiger partial charge in [0, 0.05) is 24.4 Å². The average Bonchev–Trinajstić information content (AvgIpc) is 2.42. The highest BCUT2D eigenvalue weighted by Crippen LogP contribution is 2.27. The molecule has 1 rings (SSSR count). The second-order valence-corrected chi connectivity index (χ2v) is 6.33. The van der Waals surface area contributed by atoms with E-state index >= 15 is 0 Å². The fourth-order valence-corrected chi connectivity index (χ4v) is 2.65. The van der Waals surface area contributed by atoms with Gasteiger partial charge in [0.05, 0.1) is 11.5 Å². The molecule has 0 bridgehead atoms. The zero-order valence-corrected chi connectivity index (χ0v) is 12.8. The molecule has 7 N–H and O–H groups in total. The Balaban J connectivity index is 2.39. The molecule has 122 valence electrons. The van der Waals surface area contributed by atoms with E-state index < -0.39 is 17.5 Å². The van der Waals surface area contributed by atoms with Gasteiger partial charge < -0.3 is 27.0 Å². The maximum absolute atomic E-state index is 11.1. The third-order valence-electron chi connectivity index (χ3n) is 4.16. The molecule has 1 atom stereocenters. The standard InChI is InChI=1S/C15H29N3O3/c1-15(21)6-4-13(5-7-15)18-10-12(17)9-11(14(19)20)3-2-8-16/h10-11,13,18,21H,2-9,16-17H2,1H3,(H,19,20)/b12-10-. The molecule has 0 spiro atoms. The molecule has 0 aliphatic heterocycles. The summed E-state index contributed by atoms with van der Waals surface area (Å²) < 4.78 is 0. The van der Waals surface area contributed by atoms with E-state index in [1.807, 2.05) is 6.92 Å². The quantitative estimate of drug-likeness (QED) is 0.454. The highest BCUT2D eigenvalue weighted by molar-refractivity contribution is 5.70. The second-order valence-electron chi connectivity index (χ2n) is 6.33. The maximum Gasteiger partial charge on any atom is 0.306 e. The summed E-state index contributed by atoms with van der Waals surface area (Å²) in [5, 5.41) is 22.3. The van der Waals surface area contributed by atoms with Crippen molar-refractivity contribution in [2.24, 2.45) is 17.4 Å². The smallest absolute Gasteiger partial charge is 0.306 e. The van der Waals surface area contributed by atoms with E-state index in [-0.39, 0.29) is 0 Å². The van der Waals surface area contributed by atoms with Gasteiger partial charge in [-0.15, -0.1) is 0 Å². The van der Waals surface area contributed by atoms with E-state index in [1.54, 1.807) is 6.20 Å². The normalized spacial score (nSPS) is 28.1. The van der Waals surface area contributed by atoms with E-state index in [0.29, 0.717) is 37.5 Å². The molecule has 6 nitrogen and oxygen atoms in total. The highest BCUT2D eigenvalue weighted by atomic mass is 16.4. The van der Waals surface area contributed by atoms with Crippen LogP contribution in [-0.4, -0.2) is 34.4 Å². The summed E-state index contributed by atoms with van der Waals surface area (Å²) in [5.74, 6) is -1.30. The van der Waals surface area contributed by atoms with Crippen LogP contribution in [0, 0.1) is 5.92 Å². The van der Waals surface area contributed by atoms with E-state index in [1.165, 1.54) is 0 Å². The van der Waals surface area contributed by atoms with Crippen molar-refractivity contribution in [2.75, 3.05) is 6.54 Å². The van der Waals surface area contributed by atoms with Crippen molar-refractivity contribution in [1.29, 1.82) is 0 Å². The van der Waals surface area contributed by atoms with Crippen molar-refractivity contribution >= 4 is 5.97 Å². The topological polar surface area (TPSA) is 122 Å². The lowest BCUT2D eigenvalue weighted by molar-refractivity contribution is -0.141. The first-order valence-electron chi connectivity index (χ1n) is 7.70. The fraction of sp³-hybridized carbons (Fsp3) is 0.800. The van der Waals surface area contributed by atoms with Gasteiger partial charge in [0.15, 0.2) is 0 Å². The number of hydrogen-bond donors (Lipinski definition) is 5. The van der Waals surface area contributed by atoms with Crippen molar-refractivity contribution < 1.29 is 15.0 Å². The molecular weight excluding hydrogens is 270 g/mol. The Hall–Kier alpha value is -1.27. The van der Waals surface area contributed by atoms with Crippen LogP contribution in [0.2, 0.25) is 0 Å². The Morgan fingerprint density at radius 3 is 2.62 bits per heavy atom. The lowest BCUT2D eigenvalue weighted by Gasteiger charge is -2.33. The number of hydrogen-bond acceptors (Lipinski definition) is 5. The van der Waals surface area contributed by atoms with Crippen molar-refractivity contribution in [2.45, 2.75) is 63.5 Å². The summed E-state index contributed by atoms with van der Waals surface area (Å²) in [6.07, 6.45) is 6.63. The molecule has 0 aromatic carbocycles. The minimum absolute atomic E-state index is 0.302. The predicted octanol–water partition coefficient (Wildman–Crippen LogP) is 0.900. The summed E-state index contributed by atoms with van der Waals surface area (Å²) in [6, 6.07) is 0.302. The molecule has 0 radical (unpaired) electrons. The lowest BCUT2D eigenvalue weighted by Crippen LogP contribution is -2.38. The molecule has 1 aliphatic rings. The summed E-state index contributed by atoms with van der Waals surface area (Å²) in [4.78, 5) is 11.1. The van der Waals surface area contributed by atoms with Gasteiger partial charge in [0.25, 0.3) is 0 Å². The van der Waals surface area contributed by atoms with Gasteiger partial charge in [-0.1, -0.05) is 0 Å². The van der Waals surface area contributed by atoms with Gasteiger partial charge >= 0.3 is 5.97 Å². The van der Waals surface area contributed by atoms with E-state index in [0.717, 1.165) is 25.7 Å². The first kappa shape index (κ1) is 17.8. The first-order chi connectivity index (χ1) is 9.84. The molecule has 0 aromatic heterocycles. The summed E-state index contributed by atoms with van der Waals surface area (Å²) in [6.45, 7) is 2.36. The molecule has 21 heavy (non-hydrogen) atoms. The Kier molecular flexibility index (Phi) is 6.98. The molecule has 6 heteroatoms. The number of carboxylic acid groups (broad SMARTS) is 1. The van der Waals surface area contributed by atoms with Crippen LogP contribution in [-0.2, 0) is 4.79 Å². The lowest BCUT2D eigenvalue weighted by atomic mass is 9.84. The Morgan fingerprint density at radius 1 is 1.48 bits per heavy atom. The van der Waals surface area contributed by atoms with Crippen LogP contribution in [0.3, 0.4) is 0 Å². The van der Waals surface area contributed by atoms with Crippen LogP contribution in [0.5, 0.6) is 0 Å². The van der Waals surface area contributed by atoms with Crippen LogP contribution >= 0.6 is 0 Å². The minimum Gasteiger partial charge on any atom is -0.481 e. The van der Waals surface area contributed by atoms with E-state index in [2.05, 4.69) is 5.32 Å². The Bertz CT molecular complexity index is 359. The SMILES string of the molecule is CC1(O)CCC(N/C=C(\N)CC(CCCN)C(=O)O)CC1. The number of nitrogens with one attached hydrogen (secondary N) is 1. The third-order valence-corrected chi connectivity index (χ3v) is 4.16. The molecule has 1 aliphatic carbocycles. The Labute approximate surface area is 126 Å². The number of aliphatic carboxylic acids is 1. The average molecular weight is 299 g/mol. The van der Waals surface area contributed by atoms with E-state index in [4.69, 9.17) is 16.6 Å². The monoisotopic (exact) mass is 299 g/mol. The fourth-order valence-electron chi connectivity index (χ4n) is 2.65. The van der Waals surface area contributed by atoms with Gasteiger partial charge in [-0.3, -0.25) is 4.79 Å².